The molecule has 114 valence electrons. The third-order valence-electron chi connectivity index (χ3n) is 3.36. The number of hydrogen-bond donors (Lipinski definition) is 0. The van der Waals surface area contributed by atoms with Gasteiger partial charge in [0.25, 0.3) is 5.56 Å². The smallest absolute Gasteiger partial charge is 0.266 e. The molecular weight excluding hydrogens is 330 g/mol. The highest BCUT2D eigenvalue weighted by atomic mass is 35.5. The SMILES string of the molecule is Cc1ccc(-n2c(SCC#N)nc3cc(Cl)ccc3c2=O)cc1. The minimum absolute atomic E-state index is 0.170. The molecule has 4 nitrogen and oxygen atoms in total. The summed E-state index contributed by atoms with van der Waals surface area (Å²) in [6, 6.07) is 14.7. The summed E-state index contributed by atoms with van der Waals surface area (Å²) in [5.41, 5.74) is 2.20. The number of benzene rings is 2. The summed E-state index contributed by atoms with van der Waals surface area (Å²) < 4.78 is 1.54. The van der Waals surface area contributed by atoms with Gasteiger partial charge in [0.15, 0.2) is 5.16 Å². The Kier molecular flexibility index (Phi) is 4.37. The second-order valence-electron chi connectivity index (χ2n) is 4.98. The molecule has 0 spiro atoms. The molecule has 0 saturated carbocycles. The molecule has 0 aliphatic rings. The molecule has 0 radical (unpaired) electrons. The first-order chi connectivity index (χ1) is 11.1. The second-order valence-corrected chi connectivity index (χ2v) is 6.36. The van der Waals surface area contributed by atoms with Gasteiger partial charge in [0.1, 0.15) is 0 Å². The maximum Gasteiger partial charge on any atom is 0.266 e. The molecule has 3 rings (SSSR count). The van der Waals surface area contributed by atoms with E-state index in [9.17, 15) is 4.79 Å². The quantitative estimate of drug-likeness (QED) is 0.534. The fourth-order valence-corrected chi connectivity index (χ4v) is 3.09. The van der Waals surface area contributed by atoms with Crippen molar-refractivity contribution in [3.63, 3.8) is 0 Å². The third kappa shape index (κ3) is 3.09. The van der Waals surface area contributed by atoms with Gasteiger partial charge in [-0.15, -0.1) is 0 Å². The van der Waals surface area contributed by atoms with E-state index in [4.69, 9.17) is 16.9 Å². The number of halogens is 1. The van der Waals surface area contributed by atoms with Gasteiger partial charge in [0, 0.05) is 5.02 Å². The van der Waals surface area contributed by atoms with E-state index in [1.165, 1.54) is 16.3 Å². The predicted molar refractivity (Wildman–Crippen MR) is 93.4 cm³/mol. The summed E-state index contributed by atoms with van der Waals surface area (Å²) in [6.07, 6.45) is 0. The molecule has 0 fully saturated rings. The van der Waals surface area contributed by atoms with E-state index in [-0.39, 0.29) is 11.3 Å². The summed E-state index contributed by atoms with van der Waals surface area (Å²) in [5.74, 6) is 0.213. The zero-order valence-electron chi connectivity index (χ0n) is 12.3. The van der Waals surface area contributed by atoms with Crippen LogP contribution in [0.5, 0.6) is 0 Å². The molecule has 0 saturated heterocycles. The molecule has 2 aromatic carbocycles. The number of nitrogens with zero attached hydrogens (tertiary/aromatic N) is 3. The van der Waals surface area contributed by atoms with Crippen molar-refractivity contribution >= 4 is 34.3 Å². The van der Waals surface area contributed by atoms with Crippen LogP contribution in [-0.2, 0) is 0 Å². The predicted octanol–water partition coefficient (Wildman–Crippen LogP) is 3.96. The van der Waals surface area contributed by atoms with Crippen molar-refractivity contribution in [3.05, 3.63) is 63.4 Å². The van der Waals surface area contributed by atoms with Gasteiger partial charge in [0.05, 0.1) is 28.4 Å². The summed E-state index contributed by atoms with van der Waals surface area (Å²) in [4.78, 5) is 17.4. The zero-order valence-corrected chi connectivity index (χ0v) is 13.9. The number of fused-ring (bicyclic) bond motifs is 1. The molecule has 6 heteroatoms. The van der Waals surface area contributed by atoms with E-state index in [1.807, 2.05) is 31.2 Å². The Morgan fingerprint density at radius 1 is 1.26 bits per heavy atom. The summed E-state index contributed by atoms with van der Waals surface area (Å²) in [7, 11) is 0. The third-order valence-corrected chi connectivity index (χ3v) is 4.40. The van der Waals surface area contributed by atoms with Crippen molar-refractivity contribution in [2.75, 3.05) is 5.75 Å². The average Bonchev–Trinajstić information content (AvgIpc) is 2.54. The topological polar surface area (TPSA) is 58.7 Å². The van der Waals surface area contributed by atoms with Crippen LogP contribution in [0, 0.1) is 18.3 Å². The lowest BCUT2D eigenvalue weighted by molar-refractivity contribution is 0.820. The van der Waals surface area contributed by atoms with Crippen molar-refractivity contribution in [1.29, 1.82) is 5.26 Å². The molecule has 1 heterocycles. The molecule has 3 aromatic rings. The fourth-order valence-electron chi connectivity index (χ4n) is 2.25. The molecule has 0 bridgehead atoms. The largest absolute Gasteiger partial charge is 0.268 e. The van der Waals surface area contributed by atoms with Crippen molar-refractivity contribution in [2.45, 2.75) is 12.1 Å². The zero-order chi connectivity index (χ0) is 16.4. The highest BCUT2D eigenvalue weighted by Gasteiger charge is 2.13. The first kappa shape index (κ1) is 15.6. The minimum atomic E-state index is -0.170. The number of aromatic nitrogens is 2. The van der Waals surface area contributed by atoms with E-state index in [2.05, 4.69) is 11.1 Å². The van der Waals surface area contributed by atoms with Gasteiger partial charge in [-0.05, 0) is 37.3 Å². The Balaban J connectivity index is 2.31. The molecule has 0 atom stereocenters. The van der Waals surface area contributed by atoms with Crippen LogP contribution in [0.4, 0.5) is 0 Å². The molecule has 0 aliphatic carbocycles. The molecule has 0 amide bonds. The molecule has 0 N–H and O–H groups in total. The van der Waals surface area contributed by atoms with Gasteiger partial charge in [0.2, 0.25) is 0 Å². The van der Waals surface area contributed by atoms with Gasteiger partial charge in [-0.1, -0.05) is 41.1 Å². The molecular formula is C17H12ClN3OS. The Bertz CT molecular complexity index is 974. The van der Waals surface area contributed by atoms with Crippen LogP contribution < -0.4 is 5.56 Å². The Morgan fingerprint density at radius 2 is 2.00 bits per heavy atom. The van der Waals surface area contributed by atoms with Crippen LogP contribution in [0.3, 0.4) is 0 Å². The number of aryl methyl sites for hydroxylation is 1. The van der Waals surface area contributed by atoms with E-state index in [1.54, 1.807) is 18.2 Å². The average molecular weight is 342 g/mol. The Hall–Kier alpha value is -2.29. The van der Waals surface area contributed by atoms with Crippen LogP contribution in [-0.4, -0.2) is 15.3 Å². The Labute approximate surface area is 142 Å². The van der Waals surface area contributed by atoms with Crippen LogP contribution in [0.1, 0.15) is 5.56 Å². The van der Waals surface area contributed by atoms with Gasteiger partial charge in [-0.3, -0.25) is 9.36 Å². The molecule has 1 aromatic heterocycles. The van der Waals surface area contributed by atoms with Crippen LogP contribution >= 0.6 is 23.4 Å². The molecule has 0 unspecified atom stereocenters. The first-order valence-corrected chi connectivity index (χ1v) is 8.25. The van der Waals surface area contributed by atoms with E-state index in [0.717, 1.165) is 11.3 Å². The summed E-state index contributed by atoms with van der Waals surface area (Å²) >= 11 is 7.22. The van der Waals surface area contributed by atoms with Crippen molar-refractivity contribution in [3.8, 4) is 11.8 Å². The van der Waals surface area contributed by atoms with E-state index >= 15 is 0 Å². The van der Waals surface area contributed by atoms with Gasteiger partial charge in [-0.2, -0.15) is 5.26 Å². The van der Waals surface area contributed by atoms with E-state index in [0.29, 0.717) is 21.1 Å². The summed E-state index contributed by atoms with van der Waals surface area (Å²) in [6.45, 7) is 1.98. The lowest BCUT2D eigenvalue weighted by Gasteiger charge is -2.12. The molecule has 23 heavy (non-hydrogen) atoms. The first-order valence-electron chi connectivity index (χ1n) is 6.89. The highest BCUT2D eigenvalue weighted by molar-refractivity contribution is 7.99. The normalized spacial score (nSPS) is 10.7. The maximum atomic E-state index is 12.9. The lowest BCUT2D eigenvalue weighted by Crippen LogP contribution is -2.21. The van der Waals surface area contributed by atoms with Crippen LogP contribution in [0.2, 0.25) is 5.02 Å². The Morgan fingerprint density at radius 3 is 2.70 bits per heavy atom. The second kappa shape index (κ2) is 6.45. The standard InChI is InChI=1S/C17H12ClN3OS/c1-11-2-5-13(6-3-11)21-16(22)14-7-4-12(18)10-15(14)20-17(21)23-9-8-19/h2-7,10H,9H2,1H3. The van der Waals surface area contributed by atoms with Crippen molar-refractivity contribution < 1.29 is 0 Å². The molecule has 0 aliphatic heterocycles. The number of nitriles is 1. The van der Waals surface area contributed by atoms with Crippen molar-refractivity contribution in [1.82, 2.24) is 9.55 Å². The number of rotatable bonds is 3. The minimum Gasteiger partial charge on any atom is -0.268 e. The van der Waals surface area contributed by atoms with E-state index < -0.39 is 0 Å². The number of thioether (sulfide) groups is 1. The van der Waals surface area contributed by atoms with Crippen LogP contribution in [0.25, 0.3) is 16.6 Å². The number of hydrogen-bond acceptors (Lipinski definition) is 4. The lowest BCUT2D eigenvalue weighted by atomic mass is 10.2. The monoisotopic (exact) mass is 341 g/mol. The van der Waals surface area contributed by atoms with Crippen molar-refractivity contribution in [2.24, 2.45) is 0 Å². The fraction of sp³-hybridized carbons (Fsp3) is 0.118. The van der Waals surface area contributed by atoms with Gasteiger partial charge < -0.3 is 0 Å². The maximum absolute atomic E-state index is 12.9. The van der Waals surface area contributed by atoms with Crippen LogP contribution in [0.15, 0.2) is 52.4 Å². The highest BCUT2D eigenvalue weighted by Crippen LogP contribution is 2.23. The summed E-state index contributed by atoms with van der Waals surface area (Å²) in [5, 5.41) is 10.3. The van der Waals surface area contributed by atoms with Gasteiger partial charge >= 0.3 is 0 Å². The van der Waals surface area contributed by atoms with Gasteiger partial charge in [-0.25, -0.2) is 4.98 Å².